The Hall–Kier alpha value is -2.50. The highest BCUT2D eigenvalue weighted by Crippen LogP contribution is 2.14. The molecular weight excluding hydrogens is 278 g/mol. The normalized spacial score (nSPS) is 11.3. The Balaban J connectivity index is 1.91. The molecule has 2 rings (SSSR count). The van der Waals surface area contributed by atoms with Crippen molar-refractivity contribution in [3.63, 3.8) is 0 Å². The average molecular weight is 301 g/mol. The number of pyridine rings is 1. The van der Waals surface area contributed by atoms with E-state index in [1.54, 1.807) is 13.3 Å². The number of nitrogens with one attached hydrogen (secondary N) is 2. The molecule has 2 aromatic rings. The van der Waals surface area contributed by atoms with Crippen LogP contribution in [0.25, 0.3) is 0 Å². The zero-order valence-corrected chi connectivity index (χ0v) is 13.1. The lowest BCUT2D eigenvalue weighted by molar-refractivity contribution is 0.392. The van der Waals surface area contributed by atoms with E-state index >= 15 is 0 Å². The van der Waals surface area contributed by atoms with Crippen LogP contribution in [-0.4, -0.2) is 35.7 Å². The molecule has 6 heteroatoms. The van der Waals surface area contributed by atoms with Crippen LogP contribution >= 0.6 is 0 Å². The number of rotatable bonds is 7. The predicted octanol–water partition coefficient (Wildman–Crippen LogP) is 1.65. The van der Waals surface area contributed by atoms with Crippen molar-refractivity contribution < 1.29 is 4.74 Å². The van der Waals surface area contributed by atoms with E-state index in [1.165, 1.54) is 0 Å². The quantitative estimate of drug-likeness (QED) is 0.603. The summed E-state index contributed by atoms with van der Waals surface area (Å²) in [7, 11) is 1.62. The fourth-order valence-electron chi connectivity index (χ4n) is 2.06. The van der Waals surface area contributed by atoms with Gasteiger partial charge < -0.3 is 19.9 Å². The van der Waals surface area contributed by atoms with E-state index in [4.69, 9.17) is 4.74 Å². The molecule has 0 bridgehead atoms. The Morgan fingerprint density at radius 1 is 1.27 bits per heavy atom. The van der Waals surface area contributed by atoms with Gasteiger partial charge in [0.05, 0.1) is 13.7 Å². The summed E-state index contributed by atoms with van der Waals surface area (Å²) < 4.78 is 7.37. The van der Waals surface area contributed by atoms with Gasteiger partial charge in [-0.25, -0.2) is 9.98 Å². The van der Waals surface area contributed by atoms with Crippen LogP contribution in [0.5, 0.6) is 5.88 Å². The molecular formula is C16H23N5O. The molecule has 0 saturated carbocycles. The third-order valence-corrected chi connectivity index (χ3v) is 3.12. The topological polar surface area (TPSA) is 63.5 Å². The zero-order chi connectivity index (χ0) is 15.6. The molecule has 0 aromatic carbocycles. The maximum Gasteiger partial charge on any atom is 0.218 e. The highest BCUT2D eigenvalue weighted by Gasteiger charge is 2.03. The van der Waals surface area contributed by atoms with Crippen LogP contribution in [-0.2, 0) is 13.1 Å². The highest BCUT2D eigenvalue weighted by molar-refractivity contribution is 5.79. The summed E-state index contributed by atoms with van der Waals surface area (Å²) in [5, 5.41) is 6.56. The third-order valence-electron chi connectivity index (χ3n) is 3.12. The lowest BCUT2D eigenvalue weighted by atomic mass is 10.3. The number of hydrogen-bond donors (Lipinski definition) is 2. The van der Waals surface area contributed by atoms with Crippen LogP contribution in [0.15, 0.2) is 47.8 Å². The van der Waals surface area contributed by atoms with Gasteiger partial charge in [0.2, 0.25) is 5.88 Å². The summed E-state index contributed by atoms with van der Waals surface area (Å²) in [6, 6.07) is 7.90. The molecule has 0 saturated heterocycles. The van der Waals surface area contributed by atoms with E-state index in [0.29, 0.717) is 12.4 Å². The zero-order valence-electron chi connectivity index (χ0n) is 13.1. The number of nitrogens with zero attached hydrogens (tertiary/aromatic N) is 3. The fraction of sp³-hybridized carbons (Fsp3) is 0.375. The van der Waals surface area contributed by atoms with E-state index in [0.717, 1.165) is 31.2 Å². The van der Waals surface area contributed by atoms with Gasteiger partial charge in [-0.2, -0.15) is 0 Å². The lowest BCUT2D eigenvalue weighted by Gasteiger charge is -2.12. The lowest BCUT2D eigenvalue weighted by Crippen LogP contribution is -2.38. The molecule has 0 amide bonds. The van der Waals surface area contributed by atoms with Gasteiger partial charge in [-0.05, 0) is 25.1 Å². The summed E-state index contributed by atoms with van der Waals surface area (Å²) >= 11 is 0. The van der Waals surface area contributed by atoms with E-state index in [9.17, 15) is 0 Å². The first-order valence-corrected chi connectivity index (χ1v) is 7.44. The molecule has 0 unspecified atom stereocenters. The smallest absolute Gasteiger partial charge is 0.218 e. The Morgan fingerprint density at radius 3 is 2.82 bits per heavy atom. The molecule has 0 aliphatic rings. The molecule has 0 aliphatic heterocycles. The Kier molecular flexibility index (Phi) is 6.29. The number of hydrogen-bond acceptors (Lipinski definition) is 3. The summed E-state index contributed by atoms with van der Waals surface area (Å²) in [5.41, 5.74) is 0.965. The molecule has 0 radical (unpaired) electrons. The molecule has 0 spiro atoms. The fourth-order valence-corrected chi connectivity index (χ4v) is 2.06. The minimum atomic E-state index is 0.524. The molecule has 0 aliphatic carbocycles. The second kappa shape index (κ2) is 8.71. The number of aromatic nitrogens is 2. The van der Waals surface area contributed by atoms with Gasteiger partial charge in [-0.1, -0.05) is 6.07 Å². The van der Waals surface area contributed by atoms with Gasteiger partial charge in [-0.15, -0.1) is 0 Å². The van der Waals surface area contributed by atoms with Crippen molar-refractivity contribution in [2.24, 2.45) is 4.99 Å². The molecule has 2 heterocycles. The molecule has 118 valence electrons. The van der Waals surface area contributed by atoms with Gasteiger partial charge in [0.15, 0.2) is 5.96 Å². The molecule has 6 nitrogen and oxygen atoms in total. The van der Waals surface area contributed by atoms with Crippen LogP contribution in [0, 0.1) is 0 Å². The van der Waals surface area contributed by atoms with Gasteiger partial charge in [0.1, 0.15) is 0 Å². The van der Waals surface area contributed by atoms with Crippen molar-refractivity contribution in [1.82, 2.24) is 20.2 Å². The van der Waals surface area contributed by atoms with Crippen molar-refractivity contribution in [2.75, 3.05) is 20.2 Å². The predicted molar refractivity (Wildman–Crippen MR) is 88.0 cm³/mol. The first-order chi connectivity index (χ1) is 10.8. The van der Waals surface area contributed by atoms with Gasteiger partial charge >= 0.3 is 0 Å². The van der Waals surface area contributed by atoms with Crippen LogP contribution in [0.3, 0.4) is 0 Å². The van der Waals surface area contributed by atoms with E-state index in [2.05, 4.69) is 25.2 Å². The summed E-state index contributed by atoms with van der Waals surface area (Å²) in [5.74, 6) is 1.41. The van der Waals surface area contributed by atoms with E-state index < -0.39 is 0 Å². The van der Waals surface area contributed by atoms with Crippen LogP contribution in [0.1, 0.15) is 12.5 Å². The molecule has 22 heavy (non-hydrogen) atoms. The summed E-state index contributed by atoms with van der Waals surface area (Å²) in [4.78, 5) is 8.76. The van der Waals surface area contributed by atoms with Crippen molar-refractivity contribution in [3.05, 3.63) is 48.4 Å². The average Bonchev–Trinajstić information content (AvgIpc) is 3.06. The minimum absolute atomic E-state index is 0.524. The van der Waals surface area contributed by atoms with E-state index in [1.807, 2.05) is 43.6 Å². The number of guanidine groups is 1. The SMILES string of the molecule is CCNC(=NCc1cccnc1OC)NCCn1cccc1. The Morgan fingerprint density at radius 2 is 2.09 bits per heavy atom. The number of methoxy groups -OCH3 is 1. The van der Waals surface area contributed by atoms with Crippen molar-refractivity contribution >= 4 is 5.96 Å². The van der Waals surface area contributed by atoms with Gasteiger partial charge in [-0.3, -0.25) is 0 Å². The Bertz CT molecular complexity index is 580. The van der Waals surface area contributed by atoms with Gasteiger partial charge in [0, 0.05) is 43.8 Å². The summed E-state index contributed by atoms with van der Waals surface area (Å²) in [6.07, 6.45) is 5.81. The third kappa shape index (κ3) is 4.80. The van der Waals surface area contributed by atoms with Gasteiger partial charge in [0.25, 0.3) is 0 Å². The Labute approximate surface area is 131 Å². The highest BCUT2D eigenvalue weighted by atomic mass is 16.5. The maximum atomic E-state index is 5.24. The van der Waals surface area contributed by atoms with Crippen LogP contribution in [0.2, 0.25) is 0 Å². The van der Waals surface area contributed by atoms with Crippen LogP contribution in [0.4, 0.5) is 0 Å². The molecule has 2 aromatic heterocycles. The second-order valence-electron chi connectivity index (χ2n) is 4.71. The number of aliphatic imine (C=N–C) groups is 1. The summed E-state index contributed by atoms with van der Waals surface area (Å²) in [6.45, 7) is 5.10. The first kappa shape index (κ1) is 15.9. The van der Waals surface area contributed by atoms with E-state index in [-0.39, 0.29) is 0 Å². The van der Waals surface area contributed by atoms with Crippen molar-refractivity contribution in [1.29, 1.82) is 0 Å². The molecule has 0 fully saturated rings. The van der Waals surface area contributed by atoms with Crippen LogP contribution < -0.4 is 15.4 Å². The second-order valence-corrected chi connectivity index (χ2v) is 4.71. The monoisotopic (exact) mass is 301 g/mol. The molecule has 0 atom stereocenters. The van der Waals surface area contributed by atoms with Crippen molar-refractivity contribution in [2.45, 2.75) is 20.0 Å². The first-order valence-electron chi connectivity index (χ1n) is 7.44. The maximum absolute atomic E-state index is 5.24. The largest absolute Gasteiger partial charge is 0.481 e. The standard InChI is InChI=1S/C16H23N5O/c1-3-17-16(19-9-12-21-10-4-5-11-21)20-13-14-7-6-8-18-15(14)22-2/h4-8,10-11H,3,9,12-13H2,1-2H3,(H2,17,19,20). The number of ether oxygens (including phenoxy) is 1. The molecule has 2 N–H and O–H groups in total. The minimum Gasteiger partial charge on any atom is -0.481 e. The van der Waals surface area contributed by atoms with Crippen molar-refractivity contribution in [3.8, 4) is 5.88 Å².